The van der Waals surface area contributed by atoms with E-state index < -0.39 is 5.60 Å². The number of fused-ring (bicyclic) bond motifs is 1. The van der Waals surface area contributed by atoms with Gasteiger partial charge in [0.25, 0.3) is 0 Å². The second-order valence-corrected chi connectivity index (χ2v) is 11.4. The Kier molecular flexibility index (Phi) is 5.07. The molecule has 4 heterocycles. The van der Waals surface area contributed by atoms with Gasteiger partial charge in [-0.3, -0.25) is 9.48 Å². The summed E-state index contributed by atoms with van der Waals surface area (Å²) in [7, 11) is 1.88. The van der Waals surface area contributed by atoms with E-state index in [-0.39, 0.29) is 29.4 Å². The van der Waals surface area contributed by atoms with Crippen LogP contribution in [0, 0.1) is 11.3 Å². The van der Waals surface area contributed by atoms with Gasteiger partial charge in [-0.15, -0.1) is 0 Å². The molecule has 2 aliphatic carbocycles. The lowest BCUT2D eigenvalue weighted by atomic mass is 9.86. The Bertz CT molecular complexity index is 1340. The van der Waals surface area contributed by atoms with Crippen LogP contribution in [0.1, 0.15) is 46.5 Å². The summed E-state index contributed by atoms with van der Waals surface area (Å²) in [6, 6.07) is 5.82. The molecular weight excluding hydrogens is 460 g/mol. The molecule has 0 unspecified atom stereocenters. The Labute approximate surface area is 209 Å². The Hall–Kier alpha value is -3.56. The van der Waals surface area contributed by atoms with E-state index in [2.05, 4.69) is 15.5 Å². The van der Waals surface area contributed by atoms with Gasteiger partial charge in [0.15, 0.2) is 11.6 Å². The molecule has 2 saturated carbocycles. The number of hydrogen-bond acceptors (Lipinski definition) is 6. The molecule has 0 bridgehead atoms. The fraction of sp³-hybridized carbons (Fsp3) is 0.538. The molecule has 1 aliphatic heterocycles. The summed E-state index contributed by atoms with van der Waals surface area (Å²) < 4.78 is 15.4. The number of nitrogens with one attached hydrogen (secondary N) is 1. The average Bonchev–Trinajstić information content (AvgIpc) is 3.70. The van der Waals surface area contributed by atoms with E-state index in [1.165, 1.54) is 0 Å². The van der Waals surface area contributed by atoms with Crippen molar-refractivity contribution in [3.05, 3.63) is 30.6 Å². The van der Waals surface area contributed by atoms with Crippen LogP contribution in [-0.4, -0.2) is 61.1 Å². The topological polar surface area (TPSA) is 103 Å². The van der Waals surface area contributed by atoms with Crippen molar-refractivity contribution >= 4 is 23.3 Å². The van der Waals surface area contributed by atoms with Crippen LogP contribution in [0.15, 0.2) is 30.6 Å². The third-order valence-electron chi connectivity index (χ3n) is 7.33. The number of hydrogen-bond donors (Lipinski definition) is 1. The third-order valence-corrected chi connectivity index (χ3v) is 7.33. The van der Waals surface area contributed by atoms with Crippen LogP contribution < -0.4 is 10.1 Å². The predicted molar refractivity (Wildman–Crippen MR) is 133 cm³/mol. The molecule has 1 N–H and O–H groups in total. The van der Waals surface area contributed by atoms with Gasteiger partial charge in [0.2, 0.25) is 5.91 Å². The first-order valence-electron chi connectivity index (χ1n) is 12.6. The summed E-state index contributed by atoms with van der Waals surface area (Å²) >= 11 is 0. The molecule has 36 heavy (non-hydrogen) atoms. The largest absolute Gasteiger partial charge is 0.487 e. The average molecular weight is 493 g/mol. The number of pyridine rings is 1. The molecule has 3 aromatic heterocycles. The molecule has 190 valence electrons. The highest BCUT2D eigenvalue weighted by Crippen LogP contribution is 2.58. The molecule has 1 saturated heterocycles. The Morgan fingerprint density at radius 1 is 1.22 bits per heavy atom. The van der Waals surface area contributed by atoms with Crippen LogP contribution in [0.3, 0.4) is 0 Å². The number of aryl methyl sites for hydroxylation is 1. The first-order valence-corrected chi connectivity index (χ1v) is 12.6. The summed E-state index contributed by atoms with van der Waals surface area (Å²) in [5.41, 5.74) is 2.26. The number of anilines is 1. The van der Waals surface area contributed by atoms with E-state index >= 15 is 0 Å². The molecular formula is C26H32N6O4. The number of rotatable bonds is 6. The number of nitrogens with zero attached hydrogens (tertiary/aromatic N) is 5. The van der Waals surface area contributed by atoms with Crippen LogP contribution in [0.25, 0.3) is 16.8 Å². The van der Waals surface area contributed by atoms with E-state index in [4.69, 9.17) is 9.47 Å². The second kappa shape index (κ2) is 7.97. The van der Waals surface area contributed by atoms with E-state index in [9.17, 15) is 9.59 Å². The smallest absolute Gasteiger partial charge is 0.410 e. The zero-order chi connectivity index (χ0) is 25.2. The van der Waals surface area contributed by atoms with Gasteiger partial charge in [-0.1, -0.05) is 0 Å². The van der Waals surface area contributed by atoms with Crippen molar-refractivity contribution in [1.82, 2.24) is 24.3 Å². The summed E-state index contributed by atoms with van der Waals surface area (Å²) in [6.45, 7) is 6.77. The van der Waals surface area contributed by atoms with Crippen molar-refractivity contribution in [3.8, 4) is 17.0 Å². The number of carbonyl (C=O) groups excluding carboxylic acids is 2. The van der Waals surface area contributed by atoms with E-state index in [0.717, 1.165) is 49.0 Å². The number of likely N-dealkylation sites (tertiary alicyclic amines) is 1. The minimum Gasteiger partial charge on any atom is -0.487 e. The van der Waals surface area contributed by atoms with Crippen LogP contribution in [0.5, 0.6) is 5.75 Å². The maximum Gasteiger partial charge on any atom is 0.410 e. The van der Waals surface area contributed by atoms with Gasteiger partial charge in [-0.05, 0) is 58.6 Å². The minimum atomic E-state index is -0.530. The number of ether oxygens (including phenoxy) is 2. The predicted octanol–water partition coefficient (Wildman–Crippen LogP) is 3.86. The lowest BCUT2D eigenvalue weighted by molar-refractivity contribution is -0.117. The van der Waals surface area contributed by atoms with Gasteiger partial charge >= 0.3 is 6.09 Å². The molecule has 1 atom stereocenters. The summed E-state index contributed by atoms with van der Waals surface area (Å²) in [5.74, 6) is 1.37. The van der Waals surface area contributed by atoms with Crippen LogP contribution in [0.4, 0.5) is 10.6 Å². The number of carbonyl (C=O) groups is 2. The zero-order valence-corrected chi connectivity index (χ0v) is 21.2. The molecule has 10 heteroatoms. The second-order valence-electron chi connectivity index (χ2n) is 11.4. The maximum atomic E-state index is 12.7. The fourth-order valence-corrected chi connectivity index (χ4v) is 5.00. The molecule has 1 spiro atoms. The van der Waals surface area contributed by atoms with Gasteiger partial charge < -0.3 is 19.7 Å². The number of aromatic nitrogens is 4. The van der Waals surface area contributed by atoms with Crippen molar-refractivity contribution in [1.29, 1.82) is 0 Å². The van der Waals surface area contributed by atoms with Gasteiger partial charge in [0, 0.05) is 42.8 Å². The highest BCUT2D eigenvalue weighted by molar-refractivity contribution is 5.93. The fourth-order valence-electron chi connectivity index (χ4n) is 5.00. The first-order chi connectivity index (χ1) is 17.1. The third kappa shape index (κ3) is 4.18. The monoisotopic (exact) mass is 492 g/mol. The highest BCUT2D eigenvalue weighted by atomic mass is 16.6. The van der Waals surface area contributed by atoms with Crippen molar-refractivity contribution < 1.29 is 19.1 Å². The molecule has 2 amide bonds. The first kappa shape index (κ1) is 22.9. The standard InChI is InChI=1S/C26H32N6O4/c1-25(2,3)36-24(34)31-15-26(8-9-26)20(31)14-35-19-13-27-30(4)22(19)17-7-10-32-18(11-17)12-21(29-32)28-23(33)16-5-6-16/h7,10-13,16,20H,5-6,8-9,14-15H2,1-4H3,(H,28,29,33)/t20-/m1/s1. The molecule has 6 rings (SSSR count). The number of amides is 2. The highest BCUT2D eigenvalue weighted by Gasteiger charge is 2.62. The Morgan fingerprint density at radius 2 is 2.00 bits per heavy atom. The summed E-state index contributed by atoms with van der Waals surface area (Å²) in [6.07, 6.45) is 7.41. The maximum absolute atomic E-state index is 12.7. The SMILES string of the molecule is Cn1ncc(OC[C@H]2N(C(=O)OC(C)(C)C)CC23CC3)c1-c1ccn2nc(NC(=O)C3CC3)cc2c1. The molecule has 3 fully saturated rings. The van der Waals surface area contributed by atoms with Crippen molar-refractivity contribution in [2.75, 3.05) is 18.5 Å². The van der Waals surface area contributed by atoms with Gasteiger partial charge in [-0.25, -0.2) is 9.31 Å². The van der Waals surface area contributed by atoms with Crippen molar-refractivity contribution in [3.63, 3.8) is 0 Å². The van der Waals surface area contributed by atoms with Crippen LogP contribution >= 0.6 is 0 Å². The van der Waals surface area contributed by atoms with Gasteiger partial charge in [-0.2, -0.15) is 10.2 Å². The zero-order valence-electron chi connectivity index (χ0n) is 21.2. The Morgan fingerprint density at radius 3 is 2.69 bits per heavy atom. The molecule has 0 aromatic carbocycles. The van der Waals surface area contributed by atoms with E-state index in [0.29, 0.717) is 18.2 Å². The lowest BCUT2D eigenvalue weighted by Gasteiger charge is -2.48. The van der Waals surface area contributed by atoms with Crippen LogP contribution in [-0.2, 0) is 16.6 Å². The van der Waals surface area contributed by atoms with Crippen molar-refractivity contribution in [2.45, 2.75) is 58.1 Å². The molecule has 0 radical (unpaired) electrons. The summed E-state index contributed by atoms with van der Waals surface area (Å²) in [4.78, 5) is 26.6. The molecule has 10 nitrogen and oxygen atoms in total. The quantitative estimate of drug-likeness (QED) is 0.561. The molecule has 3 aromatic rings. The van der Waals surface area contributed by atoms with Gasteiger partial charge in [0.05, 0.1) is 17.8 Å². The summed E-state index contributed by atoms with van der Waals surface area (Å²) in [5, 5.41) is 11.8. The van der Waals surface area contributed by atoms with Crippen LogP contribution in [0.2, 0.25) is 0 Å². The minimum absolute atomic E-state index is 0.00430. The van der Waals surface area contributed by atoms with E-state index in [1.54, 1.807) is 20.3 Å². The normalized spacial score (nSPS) is 20.3. The van der Waals surface area contributed by atoms with Crippen molar-refractivity contribution in [2.24, 2.45) is 18.4 Å². The van der Waals surface area contributed by atoms with Gasteiger partial charge in [0.1, 0.15) is 17.9 Å². The van der Waals surface area contributed by atoms with E-state index in [1.807, 2.05) is 52.2 Å². The Balaban J connectivity index is 1.19. The molecule has 3 aliphatic rings. The lowest BCUT2D eigenvalue weighted by Crippen LogP contribution is -2.63.